The Kier molecular flexibility index (Phi) is 16.2. The molecule has 0 aromatic heterocycles. The lowest BCUT2D eigenvalue weighted by atomic mass is 10.0. The largest absolute Gasteiger partial charge is 0.392 e. The Labute approximate surface area is 174 Å². The summed E-state index contributed by atoms with van der Waals surface area (Å²) in [5.41, 5.74) is 6.92. The fraction of sp³-hybridized carbons (Fsp3) is 0.577. The van der Waals surface area contributed by atoms with Crippen molar-refractivity contribution in [2.45, 2.75) is 92.9 Å². The van der Waals surface area contributed by atoms with Crippen LogP contribution in [0.5, 0.6) is 0 Å². The average molecular weight is 386 g/mol. The lowest BCUT2D eigenvalue weighted by Gasteiger charge is -2.03. The summed E-state index contributed by atoms with van der Waals surface area (Å²) in [6.07, 6.45) is 20.1. The quantitative estimate of drug-likeness (QED) is 0.120. The van der Waals surface area contributed by atoms with Gasteiger partial charge in [0.2, 0.25) is 0 Å². The van der Waals surface area contributed by atoms with Crippen molar-refractivity contribution in [3.63, 3.8) is 0 Å². The maximum atomic E-state index is 5.10. The number of oxime groups is 1. The van der Waals surface area contributed by atoms with Crippen molar-refractivity contribution < 1.29 is 4.84 Å². The summed E-state index contributed by atoms with van der Waals surface area (Å²) < 4.78 is 0. The van der Waals surface area contributed by atoms with Gasteiger partial charge < -0.3 is 4.84 Å². The van der Waals surface area contributed by atoms with Crippen LogP contribution in [0.25, 0.3) is 0 Å². The zero-order chi connectivity index (χ0) is 21.2. The Morgan fingerprint density at radius 2 is 1.11 bits per heavy atom. The molecule has 0 fully saturated rings. The van der Waals surface area contributed by atoms with Crippen LogP contribution in [0.3, 0.4) is 0 Å². The van der Waals surface area contributed by atoms with E-state index in [0.717, 1.165) is 37.8 Å². The van der Waals surface area contributed by atoms with Crippen LogP contribution in [0, 0.1) is 0 Å². The Morgan fingerprint density at radius 3 is 1.54 bits per heavy atom. The van der Waals surface area contributed by atoms with Gasteiger partial charge in [0.1, 0.15) is 6.61 Å². The second-order valence-corrected chi connectivity index (χ2v) is 8.00. The van der Waals surface area contributed by atoms with E-state index in [4.69, 9.17) is 4.84 Å². The molecular weight excluding hydrogens is 342 g/mol. The van der Waals surface area contributed by atoms with E-state index in [-0.39, 0.29) is 0 Å². The highest BCUT2D eigenvalue weighted by atomic mass is 16.6. The van der Waals surface area contributed by atoms with Crippen molar-refractivity contribution in [1.82, 2.24) is 0 Å². The van der Waals surface area contributed by atoms with Crippen LogP contribution < -0.4 is 0 Å². The van der Waals surface area contributed by atoms with Gasteiger partial charge in [0.25, 0.3) is 0 Å². The van der Waals surface area contributed by atoms with Gasteiger partial charge in [-0.1, -0.05) is 64.4 Å². The second kappa shape index (κ2) is 17.3. The molecule has 0 aromatic rings. The number of allylic oxidation sites excluding steroid dienone is 8. The highest BCUT2D eigenvalue weighted by Gasteiger charge is 1.95. The first-order valence-electron chi connectivity index (χ1n) is 10.7. The van der Waals surface area contributed by atoms with Crippen LogP contribution in [-0.2, 0) is 4.84 Å². The lowest BCUT2D eigenvalue weighted by molar-refractivity contribution is 0.174. The van der Waals surface area contributed by atoms with Crippen LogP contribution >= 0.6 is 0 Å². The lowest BCUT2D eigenvalue weighted by Crippen LogP contribution is -1.93. The van der Waals surface area contributed by atoms with Crippen molar-refractivity contribution in [2.75, 3.05) is 6.61 Å². The van der Waals surface area contributed by atoms with Crippen molar-refractivity contribution in [3.8, 4) is 0 Å². The van der Waals surface area contributed by atoms with Gasteiger partial charge in [-0.3, -0.25) is 0 Å². The van der Waals surface area contributed by atoms with Crippen molar-refractivity contribution in [3.05, 3.63) is 59.3 Å². The van der Waals surface area contributed by atoms with Gasteiger partial charge in [-0.25, -0.2) is 0 Å². The van der Waals surface area contributed by atoms with Crippen molar-refractivity contribution in [2.24, 2.45) is 5.16 Å². The maximum Gasteiger partial charge on any atom is 0.135 e. The minimum Gasteiger partial charge on any atom is -0.392 e. The molecule has 0 heterocycles. The summed E-state index contributed by atoms with van der Waals surface area (Å²) in [5.74, 6) is 0. The molecule has 0 spiro atoms. The predicted molar refractivity (Wildman–Crippen MR) is 127 cm³/mol. The molecule has 0 aromatic carbocycles. The predicted octanol–water partition coefficient (Wildman–Crippen LogP) is 8.49. The zero-order valence-corrected chi connectivity index (χ0v) is 19.3. The molecule has 158 valence electrons. The van der Waals surface area contributed by atoms with E-state index in [1.54, 1.807) is 6.08 Å². The van der Waals surface area contributed by atoms with Gasteiger partial charge in [-0.05, 0) is 92.9 Å². The van der Waals surface area contributed by atoms with E-state index in [1.807, 2.05) is 6.92 Å². The highest BCUT2D eigenvalue weighted by Crippen LogP contribution is 2.14. The second-order valence-electron chi connectivity index (χ2n) is 8.00. The fourth-order valence-corrected chi connectivity index (χ4v) is 2.76. The number of hydrogen-bond donors (Lipinski definition) is 0. The summed E-state index contributed by atoms with van der Waals surface area (Å²) in [5, 5.41) is 4.06. The third kappa shape index (κ3) is 17.6. The molecule has 0 aliphatic carbocycles. The Bertz CT molecular complexity index is 584. The highest BCUT2D eigenvalue weighted by molar-refractivity contribution is 5.81. The molecule has 0 aliphatic heterocycles. The monoisotopic (exact) mass is 385 g/mol. The Morgan fingerprint density at radius 1 is 0.679 bits per heavy atom. The molecule has 0 radical (unpaired) electrons. The van der Waals surface area contributed by atoms with Crippen molar-refractivity contribution >= 4 is 5.71 Å². The minimum atomic E-state index is 0.475. The normalized spacial score (nSPS) is 13.5. The summed E-state index contributed by atoms with van der Waals surface area (Å²) in [4.78, 5) is 5.10. The van der Waals surface area contributed by atoms with Crippen LogP contribution in [0.2, 0.25) is 0 Å². The molecule has 28 heavy (non-hydrogen) atoms. The van der Waals surface area contributed by atoms with E-state index in [0.29, 0.717) is 6.61 Å². The molecule has 0 rings (SSSR count). The van der Waals surface area contributed by atoms with E-state index < -0.39 is 0 Å². The molecule has 0 amide bonds. The maximum absolute atomic E-state index is 5.10. The van der Waals surface area contributed by atoms with E-state index in [2.05, 4.69) is 70.7 Å². The number of hydrogen-bond acceptors (Lipinski definition) is 2. The molecular formula is C26H43NO. The van der Waals surface area contributed by atoms with Gasteiger partial charge in [0.15, 0.2) is 0 Å². The third-order valence-corrected chi connectivity index (χ3v) is 4.57. The summed E-state index contributed by atoms with van der Waals surface area (Å²) >= 11 is 0. The average Bonchev–Trinajstić information content (AvgIpc) is 2.61. The molecule has 0 saturated heterocycles. The Hall–Kier alpha value is -1.83. The van der Waals surface area contributed by atoms with E-state index >= 15 is 0 Å². The number of rotatable bonds is 15. The van der Waals surface area contributed by atoms with Gasteiger partial charge in [0, 0.05) is 0 Å². The first-order chi connectivity index (χ1) is 13.3. The summed E-state index contributed by atoms with van der Waals surface area (Å²) in [7, 11) is 0. The van der Waals surface area contributed by atoms with Crippen molar-refractivity contribution in [1.29, 1.82) is 0 Å². The molecule has 0 atom stereocenters. The fourth-order valence-electron chi connectivity index (χ4n) is 2.76. The van der Waals surface area contributed by atoms with E-state index in [9.17, 15) is 0 Å². The molecule has 0 N–H and O–H groups in total. The topological polar surface area (TPSA) is 21.6 Å². The Balaban J connectivity index is 4.04. The molecule has 0 saturated carbocycles. The molecule has 2 nitrogen and oxygen atoms in total. The summed E-state index contributed by atoms with van der Waals surface area (Å²) in [6.45, 7) is 17.2. The van der Waals surface area contributed by atoms with Gasteiger partial charge in [-0.2, -0.15) is 0 Å². The molecule has 0 unspecified atom stereocenters. The molecule has 0 aliphatic rings. The van der Waals surface area contributed by atoms with Crippen LogP contribution in [0.15, 0.2) is 64.4 Å². The number of nitrogens with zero attached hydrogens (tertiary/aromatic N) is 1. The summed E-state index contributed by atoms with van der Waals surface area (Å²) in [6, 6.07) is 0. The standard InChI is InChI=1S/C26H43NO/c1-8-21-28-27-26(7)20-12-19-25(6)18-11-17-24(5)16-10-15-23(4)14-9-13-22(2)3/h8,13,15,17,19H,1,9-12,14,16,18,20-21H2,2-7H3/b23-15+,24-17+,25-19+,27-26+. The smallest absolute Gasteiger partial charge is 0.135 e. The van der Waals surface area contributed by atoms with Crippen LogP contribution in [0.1, 0.15) is 92.9 Å². The van der Waals surface area contributed by atoms with Gasteiger partial charge in [0.05, 0.1) is 5.71 Å². The van der Waals surface area contributed by atoms with Crippen LogP contribution in [-0.4, -0.2) is 12.3 Å². The third-order valence-electron chi connectivity index (χ3n) is 4.57. The zero-order valence-electron chi connectivity index (χ0n) is 19.3. The van der Waals surface area contributed by atoms with Crippen LogP contribution in [0.4, 0.5) is 0 Å². The van der Waals surface area contributed by atoms with Gasteiger partial charge in [-0.15, -0.1) is 0 Å². The SMILES string of the molecule is C=CCO/N=C(\C)CC/C=C(\C)CC/C=C(\C)CC/C=C(\C)CCC=C(C)C. The van der Waals surface area contributed by atoms with E-state index in [1.165, 1.54) is 41.6 Å². The molecule has 0 bridgehead atoms. The first kappa shape index (κ1) is 26.2. The first-order valence-corrected chi connectivity index (χ1v) is 10.7. The van der Waals surface area contributed by atoms with Gasteiger partial charge >= 0.3 is 0 Å². The minimum absolute atomic E-state index is 0.475. The molecule has 2 heteroatoms.